The van der Waals surface area contributed by atoms with Gasteiger partial charge in [-0.1, -0.05) is 18.2 Å². The summed E-state index contributed by atoms with van der Waals surface area (Å²) in [4.78, 5) is 21.4. The molecular formula is C14H12FN3O3. The number of nitro benzene ring substituents is 1. The minimum absolute atomic E-state index is 0.0399. The fourth-order valence-electron chi connectivity index (χ4n) is 1.82. The number of hydrogen-bond acceptors (Lipinski definition) is 4. The lowest BCUT2D eigenvalue weighted by molar-refractivity contribution is -0.384. The summed E-state index contributed by atoms with van der Waals surface area (Å²) < 4.78 is 13.5. The highest BCUT2D eigenvalue weighted by molar-refractivity contribution is 5.94. The summed E-state index contributed by atoms with van der Waals surface area (Å²) >= 11 is 0. The third-order valence-corrected chi connectivity index (χ3v) is 2.91. The van der Waals surface area contributed by atoms with E-state index in [1.807, 2.05) is 0 Å². The van der Waals surface area contributed by atoms with Crippen LogP contribution in [0.25, 0.3) is 0 Å². The van der Waals surface area contributed by atoms with Gasteiger partial charge in [0.15, 0.2) is 0 Å². The first-order chi connectivity index (χ1) is 9.99. The normalized spacial score (nSPS) is 10.1. The van der Waals surface area contributed by atoms with E-state index in [1.54, 1.807) is 18.2 Å². The van der Waals surface area contributed by atoms with E-state index in [1.165, 1.54) is 18.2 Å². The molecule has 0 aliphatic rings. The third kappa shape index (κ3) is 3.33. The molecule has 0 bridgehead atoms. The van der Waals surface area contributed by atoms with Crippen LogP contribution in [0.3, 0.4) is 0 Å². The topological polar surface area (TPSA) is 98.3 Å². The SMILES string of the molecule is NC(=O)c1ccc(NCc2ccccc2F)c([N+](=O)[O-])c1. The first-order valence-electron chi connectivity index (χ1n) is 6.04. The number of anilines is 1. The summed E-state index contributed by atoms with van der Waals surface area (Å²) in [6.45, 7) is 0.0867. The summed E-state index contributed by atoms with van der Waals surface area (Å²) in [5.74, 6) is -1.15. The number of carbonyl (C=O) groups excluding carboxylic acids is 1. The maximum Gasteiger partial charge on any atom is 0.293 e. The number of primary amides is 1. The van der Waals surface area contributed by atoms with Gasteiger partial charge in [-0.05, 0) is 18.2 Å². The fourth-order valence-corrected chi connectivity index (χ4v) is 1.82. The molecule has 0 saturated heterocycles. The van der Waals surface area contributed by atoms with Gasteiger partial charge in [0.2, 0.25) is 5.91 Å². The van der Waals surface area contributed by atoms with Crippen LogP contribution in [0.15, 0.2) is 42.5 Å². The maximum absolute atomic E-state index is 13.5. The molecule has 0 fully saturated rings. The van der Waals surface area contributed by atoms with Gasteiger partial charge in [0, 0.05) is 23.7 Å². The van der Waals surface area contributed by atoms with Crippen molar-refractivity contribution in [2.75, 3.05) is 5.32 Å². The van der Waals surface area contributed by atoms with Crippen LogP contribution in [0.2, 0.25) is 0 Å². The predicted octanol–water partition coefficient (Wildman–Crippen LogP) is 2.44. The molecule has 0 heterocycles. The van der Waals surface area contributed by atoms with E-state index in [0.29, 0.717) is 5.56 Å². The number of rotatable bonds is 5. The van der Waals surface area contributed by atoms with E-state index in [0.717, 1.165) is 6.07 Å². The molecule has 0 radical (unpaired) electrons. The molecule has 0 aliphatic carbocycles. The number of amides is 1. The van der Waals surface area contributed by atoms with Gasteiger partial charge in [0.25, 0.3) is 5.69 Å². The number of halogens is 1. The number of nitrogens with one attached hydrogen (secondary N) is 1. The molecule has 2 aromatic rings. The van der Waals surface area contributed by atoms with Crippen molar-refractivity contribution < 1.29 is 14.1 Å². The first-order valence-corrected chi connectivity index (χ1v) is 6.04. The Morgan fingerprint density at radius 1 is 1.29 bits per heavy atom. The van der Waals surface area contributed by atoms with Crippen molar-refractivity contribution in [2.24, 2.45) is 5.73 Å². The van der Waals surface area contributed by atoms with Crippen molar-refractivity contribution in [3.8, 4) is 0 Å². The van der Waals surface area contributed by atoms with Crippen molar-refractivity contribution in [2.45, 2.75) is 6.54 Å². The van der Waals surface area contributed by atoms with Crippen molar-refractivity contribution in [3.05, 3.63) is 69.5 Å². The Hall–Kier alpha value is -2.96. The van der Waals surface area contributed by atoms with E-state index in [4.69, 9.17) is 5.73 Å². The smallest absolute Gasteiger partial charge is 0.293 e. The van der Waals surface area contributed by atoms with Crippen LogP contribution in [0.4, 0.5) is 15.8 Å². The zero-order valence-corrected chi connectivity index (χ0v) is 10.9. The molecular weight excluding hydrogens is 277 g/mol. The van der Waals surface area contributed by atoms with Crippen LogP contribution in [0.1, 0.15) is 15.9 Å². The molecule has 0 saturated carbocycles. The summed E-state index contributed by atoms with van der Waals surface area (Å²) in [6.07, 6.45) is 0. The van der Waals surface area contributed by atoms with Crippen molar-refractivity contribution in [1.29, 1.82) is 0 Å². The van der Waals surface area contributed by atoms with Crippen LogP contribution < -0.4 is 11.1 Å². The largest absolute Gasteiger partial charge is 0.375 e. The average Bonchev–Trinajstić information content (AvgIpc) is 2.46. The van der Waals surface area contributed by atoms with Gasteiger partial charge >= 0.3 is 0 Å². The lowest BCUT2D eigenvalue weighted by atomic mass is 10.1. The number of carbonyl (C=O) groups is 1. The molecule has 2 aromatic carbocycles. The standard InChI is InChI=1S/C14H12FN3O3/c15-11-4-2-1-3-10(11)8-17-12-6-5-9(14(16)19)7-13(12)18(20)21/h1-7,17H,8H2,(H2,16,19). The Morgan fingerprint density at radius 3 is 2.62 bits per heavy atom. The predicted molar refractivity (Wildman–Crippen MR) is 75.3 cm³/mol. The highest BCUT2D eigenvalue weighted by atomic mass is 19.1. The van der Waals surface area contributed by atoms with E-state index in [-0.39, 0.29) is 23.5 Å². The molecule has 6 nitrogen and oxygen atoms in total. The van der Waals surface area contributed by atoms with Crippen molar-refractivity contribution in [1.82, 2.24) is 0 Å². The Bertz CT molecular complexity index is 704. The number of hydrogen-bond donors (Lipinski definition) is 2. The van der Waals surface area contributed by atoms with Crippen LogP contribution >= 0.6 is 0 Å². The average molecular weight is 289 g/mol. The Morgan fingerprint density at radius 2 is 2.00 bits per heavy atom. The number of nitrogens with zero attached hydrogens (tertiary/aromatic N) is 1. The molecule has 1 amide bonds. The lowest BCUT2D eigenvalue weighted by Crippen LogP contribution is -2.12. The number of benzene rings is 2. The third-order valence-electron chi connectivity index (χ3n) is 2.91. The second kappa shape index (κ2) is 6.00. The first kappa shape index (κ1) is 14.4. The van der Waals surface area contributed by atoms with Gasteiger partial charge in [-0.15, -0.1) is 0 Å². The van der Waals surface area contributed by atoms with E-state index in [2.05, 4.69) is 5.32 Å². The molecule has 0 aromatic heterocycles. The summed E-state index contributed by atoms with van der Waals surface area (Å²) in [7, 11) is 0. The quantitative estimate of drug-likeness (QED) is 0.652. The summed E-state index contributed by atoms with van der Waals surface area (Å²) in [5.41, 5.74) is 5.41. The van der Waals surface area contributed by atoms with E-state index >= 15 is 0 Å². The molecule has 7 heteroatoms. The summed E-state index contributed by atoms with van der Waals surface area (Å²) in [6, 6.07) is 9.95. The van der Waals surface area contributed by atoms with Gasteiger partial charge in [0.1, 0.15) is 11.5 Å². The Labute approximate surface area is 119 Å². The van der Waals surface area contributed by atoms with Crippen LogP contribution in [-0.2, 0) is 6.54 Å². The molecule has 21 heavy (non-hydrogen) atoms. The number of nitro groups is 1. The second-order valence-electron chi connectivity index (χ2n) is 4.30. The molecule has 3 N–H and O–H groups in total. The molecule has 108 valence electrons. The second-order valence-corrected chi connectivity index (χ2v) is 4.30. The zero-order valence-electron chi connectivity index (χ0n) is 10.9. The monoisotopic (exact) mass is 289 g/mol. The van der Waals surface area contributed by atoms with Gasteiger partial charge in [-0.3, -0.25) is 14.9 Å². The van der Waals surface area contributed by atoms with Crippen LogP contribution in [-0.4, -0.2) is 10.8 Å². The highest BCUT2D eigenvalue weighted by Gasteiger charge is 2.16. The molecule has 0 unspecified atom stereocenters. The van der Waals surface area contributed by atoms with Crippen molar-refractivity contribution >= 4 is 17.3 Å². The lowest BCUT2D eigenvalue weighted by Gasteiger charge is -2.08. The fraction of sp³-hybridized carbons (Fsp3) is 0.0714. The van der Waals surface area contributed by atoms with Crippen molar-refractivity contribution in [3.63, 3.8) is 0 Å². The minimum atomic E-state index is -0.751. The highest BCUT2D eigenvalue weighted by Crippen LogP contribution is 2.26. The van der Waals surface area contributed by atoms with Crippen LogP contribution in [0, 0.1) is 15.9 Å². The summed E-state index contributed by atoms with van der Waals surface area (Å²) in [5, 5.41) is 13.8. The maximum atomic E-state index is 13.5. The van der Waals surface area contributed by atoms with Crippen LogP contribution in [0.5, 0.6) is 0 Å². The number of nitrogens with two attached hydrogens (primary N) is 1. The zero-order chi connectivity index (χ0) is 15.4. The molecule has 0 spiro atoms. The van der Waals surface area contributed by atoms with Gasteiger partial charge in [-0.2, -0.15) is 0 Å². The Balaban J connectivity index is 2.26. The molecule has 2 rings (SSSR count). The van der Waals surface area contributed by atoms with E-state index < -0.39 is 16.6 Å². The van der Waals surface area contributed by atoms with Gasteiger partial charge in [0.05, 0.1) is 4.92 Å². The molecule has 0 atom stereocenters. The Kier molecular flexibility index (Phi) is 4.13. The molecule has 0 aliphatic heterocycles. The van der Waals surface area contributed by atoms with Gasteiger partial charge < -0.3 is 11.1 Å². The van der Waals surface area contributed by atoms with Gasteiger partial charge in [-0.25, -0.2) is 4.39 Å². The minimum Gasteiger partial charge on any atom is -0.375 e. The van der Waals surface area contributed by atoms with E-state index in [9.17, 15) is 19.3 Å².